The molecule has 2 heterocycles. The van der Waals surface area contributed by atoms with Crippen LogP contribution in [-0.4, -0.2) is 28.5 Å². The number of halogens is 3. The summed E-state index contributed by atoms with van der Waals surface area (Å²) in [7, 11) is 1.57. The van der Waals surface area contributed by atoms with E-state index >= 15 is 0 Å². The van der Waals surface area contributed by atoms with Crippen molar-refractivity contribution >= 4 is 43.6 Å². The van der Waals surface area contributed by atoms with Gasteiger partial charge >= 0.3 is 6.18 Å². The molecule has 12 heteroatoms. The Bertz CT molecular complexity index is 1160. The highest BCUT2D eigenvalue weighted by Gasteiger charge is 2.34. The Kier molecular flexibility index (Phi) is 5.30. The Labute approximate surface area is 163 Å². The molecule has 0 saturated carbocycles. The van der Waals surface area contributed by atoms with Crippen LogP contribution in [0.5, 0.6) is 0 Å². The van der Waals surface area contributed by atoms with Gasteiger partial charge in [-0.25, -0.2) is 4.98 Å². The average molecular weight is 426 g/mol. The van der Waals surface area contributed by atoms with Crippen LogP contribution in [0, 0.1) is 22.0 Å². The largest absolute Gasteiger partial charge is 0.416 e. The molecule has 0 saturated heterocycles. The molecule has 0 spiro atoms. The maximum Gasteiger partial charge on any atom is 0.416 e. The summed E-state index contributed by atoms with van der Waals surface area (Å²) in [5.41, 5.74) is -0.838. The summed E-state index contributed by atoms with van der Waals surface area (Å²) in [6.07, 6.45) is -4.82. The monoisotopic (exact) mass is 426 g/mol. The maximum absolute atomic E-state index is 13.0. The van der Waals surface area contributed by atoms with Crippen LogP contribution in [0.3, 0.4) is 0 Å². The van der Waals surface area contributed by atoms with Gasteiger partial charge in [-0.1, -0.05) is 17.3 Å². The van der Waals surface area contributed by atoms with E-state index in [4.69, 9.17) is 0 Å². The highest BCUT2D eigenvalue weighted by molar-refractivity contribution is 7.22. The second kappa shape index (κ2) is 7.53. The Hall–Kier alpha value is -3.04. The fourth-order valence-electron chi connectivity index (χ4n) is 2.19. The number of fused-ring (bicyclic) bond motifs is 1. The molecule has 0 radical (unpaired) electrons. The zero-order valence-corrected chi connectivity index (χ0v) is 15.6. The molecule has 0 N–H and O–H groups in total. The highest BCUT2D eigenvalue weighted by Crippen LogP contribution is 2.38. The molecule has 0 atom stereocenters. The van der Waals surface area contributed by atoms with Crippen LogP contribution < -0.4 is 10.5 Å². The molecule has 3 rings (SSSR count). The first kappa shape index (κ1) is 19.7. The lowest BCUT2D eigenvalue weighted by Gasteiger charge is -2.14. The Balaban J connectivity index is 2.05. The average Bonchev–Trinajstić information content (AvgIpc) is 3.13. The third kappa shape index (κ3) is 4.10. The molecule has 3 aromatic rings. The number of non-ortho nitro benzene ring substituents is 1. The summed E-state index contributed by atoms with van der Waals surface area (Å²) >= 11 is 2.14. The zero-order chi connectivity index (χ0) is 20.5. The van der Waals surface area contributed by atoms with Gasteiger partial charge in [0, 0.05) is 18.5 Å². The molecule has 0 aliphatic rings. The van der Waals surface area contributed by atoms with Gasteiger partial charge in [-0.3, -0.25) is 14.9 Å². The Morgan fingerprint density at radius 3 is 2.71 bits per heavy atom. The van der Waals surface area contributed by atoms with Gasteiger partial charge < -0.3 is 4.90 Å². The SMILES string of the molecule is CN(CC#Cc1cscn1)c1nc(=O)c2cc(C(F)(F)F)cc([N+](=O)[O-])c2s1. The normalized spacial score (nSPS) is 11.1. The van der Waals surface area contributed by atoms with Crippen molar-refractivity contribution in [3.05, 3.63) is 54.7 Å². The Morgan fingerprint density at radius 2 is 2.11 bits per heavy atom. The smallest absolute Gasteiger partial charge is 0.340 e. The lowest BCUT2D eigenvalue weighted by Crippen LogP contribution is -2.21. The van der Waals surface area contributed by atoms with Gasteiger partial charge in [0.2, 0.25) is 0 Å². The van der Waals surface area contributed by atoms with Crippen molar-refractivity contribution in [1.82, 2.24) is 9.97 Å². The molecule has 0 bridgehead atoms. The van der Waals surface area contributed by atoms with E-state index in [2.05, 4.69) is 21.8 Å². The fourth-order valence-corrected chi connectivity index (χ4v) is 3.70. The van der Waals surface area contributed by atoms with E-state index in [1.165, 1.54) is 16.2 Å². The van der Waals surface area contributed by atoms with Gasteiger partial charge in [0.05, 0.1) is 27.9 Å². The first-order chi connectivity index (χ1) is 13.2. The van der Waals surface area contributed by atoms with Crippen LogP contribution in [0.15, 0.2) is 27.8 Å². The number of aromatic nitrogens is 2. The van der Waals surface area contributed by atoms with Crippen LogP contribution in [0.2, 0.25) is 0 Å². The predicted molar refractivity (Wildman–Crippen MR) is 99.8 cm³/mol. The van der Waals surface area contributed by atoms with Crippen molar-refractivity contribution in [2.24, 2.45) is 0 Å². The van der Waals surface area contributed by atoms with Crippen molar-refractivity contribution in [2.45, 2.75) is 6.18 Å². The van der Waals surface area contributed by atoms with Crippen LogP contribution in [0.4, 0.5) is 24.0 Å². The summed E-state index contributed by atoms with van der Waals surface area (Å²) in [4.78, 5) is 31.8. The lowest BCUT2D eigenvalue weighted by molar-refractivity contribution is -0.383. The third-order valence-electron chi connectivity index (χ3n) is 3.51. The molecule has 28 heavy (non-hydrogen) atoms. The number of benzene rings is 1. The molecule has 0 aliphatic carbocycles. The minimum absolute atomic E-state index is 0.105. The van der Waals surface area contributed by atoms with Crippen molar-refractivity contribution < 1.29 is 18.1 Å². The molecular formula is C16H9F3N4O3S2. The number of hydrogen-bond acceptors (Lipinski definition) is 8. The van der Waals surface area contributed by atoms with Gasteiger partial charge in [0.25, 0.3) is 11.2 Å². The number of alkyl halides is 3. The van der Waals surface area contributed by atoms with Crippen LogP contribution >= 0.6 is 22.7 Å². The minimum Gasteiger partial charge on any atom is -0.340 e. The molecule has 1 aromatic carbocycles. The minimum atomic E-state index is -4.82. The maximum atomic E-state index is 13.0. The molecular weight excluding hydrogens is 417 g/mol. The number of nitro benzene ring substituents is 1. The number of hydrogen-bond donors (Lipinski definition) is 0. The van der Waals surface area contributed by atoms with Crippen molar-refractivity contribution in [3.63, 3.8) is 0 Å². The first-order valence-corrected chi connectivity index (χ1v) is 9.21. The summed E-state index contributed by atoms with van der Waals surface area (Å²) in [5, 5.41) is 12.7. The summed E-state index contributed by atoms with van der Waals surface area (Å²) in [5.74, 6) is 5.63. The summed E-state index contributed by atoms with van der Waals surface area (Å²) in [6.45, 7) is 0.139. The number of thiazole rings is 1. The Morgan fingerprint density at radius 1 is 1.36 bits per heavy atom. The van der Waals surface area contributed by atoms with E-state index in [-0.39, 0.29) is 16.4 Å². The van der Waals surface area contributed by atoms with Crippen LogP contribution in [-0.2, 0) is 6.18 Å². The topological polar surface area (TPSA) is 89.2 Å². The first-order valence-electron chi connectivity index (χ1n) is 7.45. The number of rotatable bonds is 3. The van der Waals surface area contributed by atoms with Gasteiger partial charge in [0.15, 0.2) is 5.13 Å². The molecule has 0 fully saturated rings. The molecule has 2 aromatic heterocycles. The van der Waals surface area contributed by atoms with Crippen LogP contribution in [0.1, 0.15) is 11.3 Å². The molecule has 0 unspecified atom stereocenters. The van der Waals surface area contributed by atoms with E-state index in [9.17, 15) is 28.1 Å². The van der Waals surface area contributed by atoms with Gasteiger partial charge in [-0.05, 0) is 12.0 Å². The molecule has 7 nitrogen and oxygen atoms in total. The number of nitro groups is 1. The van der Waals surface area contributed by atoms with Crippen molar-refractivity contribution in [3.8, 4) is 11.8 Å². The second-order valence-corrected chi connectivity index (χ2v) is 7.16. The van der Waals surface area contributed by atoms with Gasteiger partial charge in [-0.2, -0.15) is 18.2 Å². The van der Waals surface area contributed by atoms with E-state index in [1.807, 2.05) is 0 Å². The fraction of sp³-hybridized carbons (Fsp3) is 0.188. The van der Waals surface area contributed by atoms with E-state index in [0.717, 1.165) is 11.3 Å². The van der Waals surface area contributed by atoms with E-state index in [1.54, 1.807) is 17.9 Å². The van der Waals surface area contributed by atoms with E-state index < -0.39 is 33.3 Å². The highest BCUT2D eigenvalue weighted by atomic mass is 32.1. The van der Waals surface area contributed by atoms with Gasteiger partial charge in [0.1, 0.15) is 10.4 Å². The lowest BCUT2D eigenvalue weighted by atomic mass is 10.1. The molecule has 0 aliphatic heterocycles. The quantitative estimate of drug-likeness (QED) is 0.362. The second-order valence-electron chi connectivity index (χ2n) is 5.46. The van der Waals surface area contributed by atoms with Crippen molar-refractivity contribution in [2.75, 3.05) is 18.5 Å². The van der Waals surface area contributed by atoms with Gasteiger partial charge in [-0.15, -0.1) is 11.3 Å². The molecule has 144 valence electrons. The van der Waals surface area contributed by atoms with Crippen molar-refractivity contribution in [1.29, 1.82) is 0 Å². The molecule has 0 amide bonds. The van der Waals surface area contributed by atoms with E-state index in [0.29, 0.717) is 17.8 Å². The number of anilines is 1. The summed E-state index contributed by atoms with van der Waals surface area (Å²) < 4.78 is 38.8. The summed E-state index contributed by atoms with van der Waals surface area (Å²) in [6, 6.07) is 1.00. The predicted octanol–water partition coefficient (Wildman–Crippen LogP) is 3.53. The number of nitrogens with zero attached hydrogens (tertiary/aromatic N) is 4. The van der Waals surface area contributed by atoms with Crippen LogP contribution in [0.25, 0.3) is 10.1 Å². The third-order valence-corrected chi connectivity index (χ3v) is 5.31. The zero-order valence-electron chi connectivity index (χ0n) is 14.0. The standard InChI is InChI=1S/C16H9F3N4O3S2/c1-22(4-2-3-10-7-27-8-20-10)15-21-14(24)11-5-9(16(17,18)19)6-12(23(25)26)13(11)28-15/h5-8H,4H2,1H3.